The molecule has 0 aromatic rings. The highest BCUT2D eigenvalue weighted by molar-refractivity contribution is 5.73. The molecule has 4 aliphatic heterocycles. The van der Waals surface area contributed by atoms with Crippen molar-refractivity contribution in [1.29, 1.82) is 0 Å². The SMILES string of the molecule is CC(=O)N[C@H]1[C@H](O[C@H]2[C@@H](O)[C@@H](CO)O[C@@H](O[C@H]3[C@H](O)[C@@H](O)[C@H](O)O[C@@H]3CO)[C@@H]2O)O[C@H](CO)[C@@H](O)[C@@H]1O[C@@H]1O[C@@H](C)[C@@H](O)[C@@H](O)[C@@H]1O. The predicted octanol–water partition coefficient (Wildman–Crippen LogP) is -8.58. The highest BCUT2D eigenvalue weighted by Gasteiger charge is 2.55. The van der Waals surface area contributed by atoms with Gasteiger partial charge in [-0.3, -0.25) is 4.79 Å². The van der Waals surface area contributed by atoms with E-state index in [9.17, 15) is 66.1 Å². The molecule has 0 unspecified atom stereocenters. The zero-order valence-corrected chi connectivity index (χ0v) is 25.3. The molecule has 4 rings (SSSR count). The molecule has 4 saturated heterocycles. The van der Waals surface area contributed by atoms with E-state index >= 15 is 0 Å². The summed E-state index contributed by atoms with van der Waals surface area (Å²) in [5, 5.41) is 126. The predicted molar refractivity (Wildman–Crippen MR) is 144 cm³/mol. The van der Waals surface area contributed by atoms with Crippen LogP contribution in [0.4, 0.5) is 0 Å². The molecule has 4 aliphatic rings. The molecule has 0 aromatic heterocycles. The minimum absolute atomic E-state index is 0.728. The lowest BCUT2D eigenvalue weighted by molar-refractivity contribution is -0.379. The van der Waals surface area contributed by atoms with Crippen molar-refractivity contribution in [3.63, 3.8) is 0 Å². The summed E-state index contributed by atoms with van der Waals surface area (Å²) in [4.78, 5) is 12.3. The number of nitrogens with one attached hydrogen (secondary N) is 1. The third kappa shape index (κ3) is 8.04. The van der Waals surface area contributed by atoms with Crippen LogP contribution in [0.2, 0.25) is 0 Å². The van der Waals surface area contributed by atoms with Gasteiger partial charge in [0, 0.05) is 6.92 Å². The van der Waals surface area contributed by atoms with Gasteiger partial charge in [-0.25, -0.2) is 0 Å². The smallest absolute Gasteiger partial charge is 0.217 e. The van der Waals surface area contributed by atoms with Crippen LogP contribution in [-0.2, 0) is 38.0 Å². The molecule has 21 nitrogen and oxygen atoms in total. The molecule has 47 heavy (non-hydrogen) atoms. The lowest BCUT2D eigenvalue weighted by Crippen LogP contribution is -2.70. The van der Waals surface area contributed by atoms with Gasteiger partial charge in [-0.15, -0.1) is 0 Å². The van der Waals surface area contributed by atoms with Crippen molar-refractivity contribution in [1.82, 2.24) is 5.32 Å². The molecule has 0 saturated carbocycles. The standard InChI is InChI=1S/C26H45NO20/c1-6-12(32)15(35)18(38)25(41-6)46-21-11(27-7(2)31)24(43-8(3-28)13(21)33)47-22-14(34)9(4-29)44-26(19(22)39)45-20-10(5-30)42-23(40)17(37)16(20)36/h6,8-26,28-30,32-40H,3-5H2,1-2H3,(H,27,31)/t6-,8+,9+,10+,11+,12+,13+,14-,15+,16+,17+,18-,19+,20+,21+,22-,23+,24-,25-,26-/m0/s1. The molecule has 1 amide bonds. The summed E-state index contributed by atoms with van der Waals surface area (Å²) < 4.78 is 38.9. The van der Waals surface area contributed by atoms with Crippen LogP contribution in [0.3, 0.4) is 0 Å². The van der Waals surface area contributed by atoms with E-state index < -0.39 is 148 Å². The second kappa shape index (κ2) is 16.2. The van der Waals surface area contributed by atoms with Gasteiger partial charge in [0.25, 0.3) is 0 Å². The average Bonchev–Trinajstić information content (AvgIpc) is 3.03. The van der Waals surface area contributed by atoms with Gasteiger partial charge in [-0.1, -0.05) is 0 Å². The van der Waals surface area contributed by atoms with E-state index in [0.29, 0.717) is 0 Å². The van der Waals surface area contributed by atoms with Gasteiger partial charge >= 0.3 is 0 Å². The number of carbonyl (C=O) groups excluding carboxylic acids is 1. The van der Waals surface area contributed by atoms with Crippen LogP contribution >= 0.6 is 0 Å². The van der Waals surface area contributed by atoms with E-state index in [4.69, 9.17) is 33.2 Å². The Balaban J connectivity index is 1.60. The van der Waals surface area contributed by atoms with Crippen LogP contribution in [-0.4, -0.2) is 210 Å². The topological polar surface area (TPSA) is 336 Å². The van der Waals surface area contributed by atoms with Gasteiger partial charge in [0.2, 0.25) is 5.91 Å². The first-order chi connectivity index (χ1) is 22.1. The van der Waals surface area contributed by atoms with Crippen LogP contribution in [0.1, 0.15) is 13.8 Å². The maximum Gasteiger partial charge on any atom is 0.217 e. The van der Waals surface area contributed by atoms with Crippen molar-refractivity contribution >= 4 is 5.91 Å². The Hall–Kier alpha value is -1.29. The molecule has 0 bridgehead atoms. The number of ether oxygens (including phenoxy) is 7. The van der Waals surface area contributed by atoms with E-state index in [1.54, 1.807) is 0 Å². The lowest BCUT2D eigenvalue weighted by atomic mass is 9.94. The summed E-state index contributed by atoms with van der Waals surface area (Å²) in [7, 11) is 0. The molecule has 4 fully saturated rings. The minimum atomic E-state index is -2.01. The van der Waals surface area contributed by atoms with Gasteiger partial charge in [0.05, 0.1) is 25.9 Å². The number of hydrogen-bond acceptors (Lipinski definition) is 20. The number of carbonyl (C=O) groups is 1. The molecule has 0 radical (unpaired) electrons. The maximum absolute atomic E-state index is 12.3. The van der Waals surface area contributed by atoms with Crippen molar-refractivity contribution < 1.29 is 99.2 Å². The molecule has 0 aliphatic carbocycles. The third-order valence-corrected chi connectivity index (χ3v) is 8.57. The monoisotopic (exact) mass is 691 g/mol. The van der Waals surface area contributed by atoms with Gasteiger partial charge in [0.1, 0.15) is 91.5 Å². The fourth-order valence-corrected chi connectivity index (χ4v) is 5.89. The number of amides is 1. The Morgan fingerprint density at radius 2 is 1.06 bits per heavy atom. The van der Waals surface area contributed by atoms with E-state index in [0.717, 1.165) is 6.92 Å². The summed E-state index contributed by atoms with van der Waals surface area (Å²) in [6, 6.07) is -1.54. The molecule has 0 aromatic carbocycles. The summed E-state index contributed by atoms with van der Waals surface area (Å²) in [5.74, 6) is -0.728. The van der Waals surface area contributed by atoms with E-state index in [2.05, 4.69) is 5.32 Å². The molecule has 21 heteroatoms. The van der Waals surface area contributed by atoms with Gasteiger partial charge in [0.15, 0.2) is 25.2 Å². The first kappa shape index (κ1) is 38.5. The Morgan fingerprint density at radius 1 is 0.553 bits per heavy atom. The fourth-order valence-electron chi connectivity index (χ4n) is 5.89. The summed E-state index contributed by atoms with van der Waals surface area (Å²) in [6.45, 7) is -0.111. The third-order valence-electron chi connectivity index (χ3n) is 8.57. The summed E-state index contributed by atoms with van der Waals surface area (Å²) in [6.07, 6.45) is -32.3. The largest absolute Gasteiger partial charge is 0.394 e. The Morgan fingerprint density at radius 3 is 1.64 bits per heavy atom. The van der Waals surface area contributed by atoms with Crippen molar-refractivity contribution in [2.75, 3.05) is 19.8 Å². The van der Waals surface area contributed by atoms with Crippen LogP contribution in [0.15, 0.2) is 0 Å². The van der Waals surface area contributed by atoms with Crippen LogP contribution in [0.25, 0.3) is 0 Å². The van der Waals surface area contributed by atoms with Crippen LogP contribution in [0.5, 0.6) is 0 Å². The van der Waals surface area contributed by atoms with E-state index in [-0.39, 0.29) is 0 Å². The zero-order chi connectivity index (χ0) is 34.9. The maximum atomic E-state index is 12.3. The number of rotatable bonds is 10. The van der Waals surface area contributed by atoms with Gasteiger partial charge in [-0.05, 0) is 6.92 Å². The molecule has 274 valence electrons. The second-order valence-corrected chi connectivity index (χ2v) is 11.9. The molecule has 4 heterocycles. The Labute approximate surface area is 267 Å². The quantitative estimate of drug-likeness (QED) is 0.101. The van der Waals surface area contributed by atoms with Gasteiger partial charge < -0.3 is 99.8 Å². The van der Waals surface area contributed by atoms with Crippen LogP contribution in [0, 0.1) is 0 Å². The zero-order valence-electron chi connectivity index (χ0n) is 25.3. The first-order valence-corrected chi connectivity index (χ1v) is 15.0. The lowest BCUT2D eigenvalue weighted by Gasteiger charge is -2.50. The summed E-state index contributed by atoms with van der Waals surface area (Å²) in [5.41, 5.74) is 0. The molecule has 20 atom stereocenters. The average molecular weight is 692 g/mol. The van der Waals surface area contributed by atoms with Gasteiger partial charge in [-0.2, -0.15) is 0 Å². The van der Waals surface area contributed by atoms with E-state index in [1.807, 2.05) is 0 Å². The number of hydrogen-bond donors (Lipinski definition) is 13. The number of aliphatic hydroxyl groups is 12. The molecule has 0 spiro atoms. The normalized spacial score (nSPS) is 51.0. The Bertz CT molecular complexity index is 1010. The fraction of sp³-hybridized carbons (Fsp3) is 0.962. The molecule has 13 N–H and O–H groups in total. The van der Waals surface area contributed by atoms with Crippen molar-refractivity contribution in [3.05, 3.63) is 0 Å². The number of aliphatic hydroxyl groups excluding tert-OH is 12. The molecular formula is C26H45NO20. The Kier molecular flexibility index (Phi) is 13.2. The second-order valence-electron chi connectivity index (χ2n) is 11.9. The highest BCUT2D eigenvalue weighted by Crippen LogP contribution is 2.34. The highest BCUT2D eigenvalue weighted by atomic mass is 16.8. The summed E-state index contributed by atoms with van der Waals surface area (Å²) >= 11 is 0. The van der Waals surface area contributed by atoms with E-state index in [1.165, 1.54) is 6.92 Å². The van der Waals surface area contributed by atoms with Crippen molar-refractivity contribution in [2.45, 2.75) is 137 Å². The van der Waals surface area contributed by atoms with Crippen molar-refractivity contribution in [3.8, 4) is 0 Å². The molecular weight excluding hydrogens is 646 g/mol. The van der Waals surface area contributed by atoms with Crippen LogP contribution < -0.4 is 5.32 Å². The minimum Gasteiger partial charge on any atom is -0.394 e. The first-order valence-electron chi connectivity index (χ1n) is 15.0. The van der Waals surface area contributed by atoms with Crippen molar-refractivity contribution in [2.24, 2.45) is 0 Å².